The summed E-state index contributed by atoms with van der Waals surface area (Å²) in [6, 6.07) is 0. The fourth-order valence-electron chi connectivity index (χ4n) is 2.53. The van der Waals surface area contributed by atoms with Crippen molar-refractivity contribution in [3.8, 4) is 0 Å². The van der Waals surface area contributed by atoms with Gasteiger partial charge in [-0.15, -0.1) is 0 Å². The topological polar surface area (TPSA) is 37.3 Å². The summed E-state index contributed by atoms with van der Waals surface area (Å²) in [6.07, 6.45) is 4.49. The molecule has 0 heterocycles. The molecule has 2 heteroatoms. The van der Waals surface area contributed by atoms with Crippen LogP contribution in [0.5, 0.6) is 0 Å². The summed E-state index contributed by atoms with van der Waals surface area (Å²) < 4.78 is 0. The van der Waals surface area contributed by atoms with Crippen molar-refractivity contribution in [2.24, 2.45) is 11.3 Å². The number of aliphatic carboxylic acids is 1. The molecule has 1 aliphatic carbocycles. The van der Waals surface area contributed by atoms with Crippen LogP contribution in [0.25, 0.3) is 0 Å². The van der Waals surface area contributed by atoms with E-state index in [4.69, 9.17) is 5.11 Å². The summed E-state index contributed by atoms with van der Waals surface area (Å²) in [6.45, 7) is 8.53. The van der Waals surface area contributed by atoms with E-state index in [-0.39, 0.29) is 11.8 Å². The van der Waals surface area contributed by atoms with Crippen LogP contribution >= 0.6 is 0 Å². The molecule has 1 unspecified atom stereocenters. The highest BCUT2D eigenvalue weighted by Crippen LogP contribution is 2.45. The Hall–Kier alpha value is -0.790. The van der Waals surface area contributed by atoms with Gasteiger partial charge in [0.25, 0.3) is 0 Å². The van der Waals surface area contributed by atoms with Gasteiger partial charge in [-0.2, -0.15) is 0 Å². The van der Waals surface area contributed by atoms with E-state index in [0.717, 1.165) is 12.8 Å². The third-order valence-corrected chi connectivity index (χ3v) is 3.40. The summed E-state index contributed by atoms with van der Waals surface area (Å²) in [5, 5.41) is 8.67. The van der Waals surface area contributed by atoms with Gasteiger partial charge in [-0.25, -0.2) is 0 Å². The van der Waals surface area contributed by atoms with Crippen molar-refractivity contribution in [2.45, 2.75) is 46.0 Å². The number of hydrogen-bond donors (Lipinski definition) is 1. The van der Waals surface area contributed by atoms with Crippen LogP contribution in [0.15, 0.2) is 12.2 Å². The maximum absolute atomic E-state index is 10.5. The standard InChI is InChI=1S/C12H20O2/c1-9-5-4-8-12(2,3)10(9)6-7-11(13)14/h10H,1,4-8H2,2-3H3,(H,13,14). The molecule has 14 heavy (non-hydrogen) atoms. The zero-order chi connectivity index (χ0) is 10.8. The highest BCUT2D eigenvalue weighted by molar-refractivity contribution is 5.66. The Morgan fingerprint density at radius 2 is 2.29 bits per heavy atom. The summed E-state index contributed by atoms with van der Waals surface area (Å²) in [5.74, 6) is -0.300. The fourth-order valence-corrected chi connectivity index (χ4v) is 2.53. The van der Waals surface area contributed by atoms with Gasteiger partial charge in [-0.1, -0.05) is 26.0 Å². The molecule has 1 saturated carbocycles. The SMILES string of the molecule is C=C1CCCC(C)(C)C1CCC(=O)O. The van der Waals surface area contributed by atoms with Crippen molar-refractivity contribution >= 4 is 5.97 Å². The maximum Gasteiger partial charge on any atom is 0.303 e. The maximum atomic E-state index is 10.5. The zero-order valence-electron chi connectivity index (χ0n) is 9.18. The van der Waals surface area contributed by atoms with E-state index >= 15 is 0 Å². The molecule has 0 bridgehead atoms. The Labute approximate surface area is 86.0 Å². The largest absolute Gasteiger partial charge is 0.481 e. The van der Waals surface area contributed by atoms with E-state index < -0.39 is 5.97 Å². The summed E-state index contributed by atoms with van der Waals surface area (Å²) in [7, 11) is 0. The molecule has 0 aromatic rings. The summed E-state index contributed by atoms with van der Waals surface area (Å²) >= 11 is 0. The van der Waals surface area contributed by atoms with E-state index in [1.54, 1.807) is 0 Å². The van der Waals surface area contributed by atoms with Crippen molar-refractivity contribution in [1.82, 2.24) is 0 Å². The average Bonchev–Trinajstić information content (AvgIpc) is 2.01. The molecule has 0 aromatic carbocycles. The van der Waals surface area contributed by atoms with E-state index in [0.29, 0.717) is 5.92 Å². The summed E-state index contributed by atoms with van der Waals surface area (Å²) in [5.41, 5.74) is 1.49. The van der Waals surface area contributed by atoms with Crippen molar-refractivity contribution in [3.63, 3.8) is 0 Å². The lowest BCUT2D eigenvalue weighted by Crippen LogP contribution is -2.29. The summed E-state index contributed by atoms with van der Waals surface area (Å²) in [4.78, 5) is 10.5. The Balaban J connectivity index is 2.61. The van der Waals surface area contributed by atoms with Crippen LogP contribution in [-0.4, -0.2) is 11.1 Å². The van der Waals surface area contributed by atoms with Gasteiger partial charge in [0.05, 0.1) is 0 Å². The fraction of sp³-hybridized carbons (Fsp3) is 0.750. The minimum Gasteiger partial charge on any atom is -0.481 e. The smallest absolute Gasteiger partial charge is 0.303 e. The second-order valence-corrected chi connectivity index (χ2v) is 4.99. The lowest BCUT2D eigenvalue weighted by atomic mass is 9.65. The monoisotopic (exact) mass is 196 g/mol. The molecule has 1 N–H and O–H groups in total. The van der Waals surface area contributed by atoms with Crippen molar-refractivity contribution < 1.29 is 9.90 Å². The molecule has 0 radical (unpaired) electrons. The minimum absolute atomic E-state index is 0.241. The number of rotatable bonds is 3. The molecule has 1 atom stereocenters. The number of hydrogen-bond acceptors (Lipinski definition) is 1. The van der Waals surface area contributed by atoms with Gasteiger partial charge in [0.15, 0.2) is 0 Å². The van der Waals surface area contributed by atoms with Crippen LogP contribution in [0.4, 0.5) is 0 Å². The molecule has 80 valence electrons. The first kappa shape index (κ1) is 11.3. The Bertz CT molecular complexity index is 241. The molecule has 1 aliphatic rings. The zero-order valence-corrected chi connectivity index (χ0v) is 9.18. The van der Waals surface area contributed by atoms with E-state index in [2.05, 4.69) is 20.4 Å². The van der Waals surface area contributed by atoms with Gasteiger partial charge in [-0.05, 0) is 37.0 Å². The van der Waals surface area contributed by atoms with Crippen LogP contribution in [-0.2, 0) is 4.79 Å². The number of carboxylic acids is 1. The van der Waals surface area contributed by atoms with E-state index in [1.807, 2.05) is 0 Å². The van der Waals surface area contributed by atoms with Gasteiger partial charge in [-0.3, -0.25) is 4.79 Å². The normalized spacial score (nSPS) is 26.1. The number of carboxylic acid groups (broad SMARTS) is 1. The van der Waals surface area contributed by atoms with Gasteiger partial charge in [0.2, 0.25) is 0 Å². The van der Waals surface area contributed by atoms with E-state index in [1.165, 1.54) is 18.4 Å². The first-order valence-corrected chi connectivity index (χ1v) is 5.33. The minimum atomic E-state index is -0.695. The van der Waals surface area contributed by atoms with Crippen molar-refractivity contribution in [2.75, 3.05) is 0 Å². The Kier molecular flexibility index (Phi) is 3.35. The van der Waals surface area contributed by atoms with Crippen LogP contribution in [0.1, 0.15) is 46.0 Å². The quantitative estimate of drug-likeness (QED) is 0.703. The Morgan fingerprint density at radius 3 is 2.79 bits per heavy atom. The van der Waals surface area contributed by atoms with Crippen LogP contribution in [0, 0.1) is 11.3 Å². The molecule has 0 saturated heterocycles. The lowest BCUT2D eigenvalue weighted by Gasteiger charge is -2.40. The predicted octanol–water partition coefficient (Wildman–Crippen LogP) is 3.23. The van der Waals surface area contributed by atoms with Gasteiger partial charge >= 0.3 is 5.97 Å². The first-order valence-electron chi connectivity index (χ1n) is 5.33. The lowest BCUT2D eigenvalue weighted by molar-refractivity contribution is -0.137. The first-order chi connectivity index (χ1) is 6.43. The van der Waals surface area contributed by atoms with Crippen molar-refractivity contribution in [3.05, 3.63) is 12.2 Å². The second kappa shape index (κ2) is 4.16. The highest BCUT2D eigenvalue weighted by atomic mass is 16.4. The van der Waals surface area contributed by atoms with Crippen LogP contribution in [0.2, 0.25) is 0 Å². The third kappa shape index (κ3) is 2.60. The molecule has 1 rings (SSSR count). The molecule has 0 aliphatic heterocycles. The molecule has 2 nitrogen and oxygen atoms in total. The number of carbonyl (C=O) groups is 1. The Morgan fingerprint density at radius 1 is 1.64 bits per heavy atom. The molecule has 0 amide bonds. The molecular formula is C12H20O2. The van der Waals surface area contributed by atoms with Gasteiger partial charge in [0.1, 0.15) is 0 Å². The molecule has 0 aromatic heterocycles. The van der Waals surface area contributed by atoms with Crippen molar-refractivity contribution in [1.29, 1.82) is 0 Å². The predicted molar refractivity (Wildman–Crippen MR) is 57.1 cm³/mol. The van der Waals surface area contributed by atoms with E-state index in [9.17, 15) is 4.79 Å². The molecule has 0 spiro atoms. The average molecular weight is 196 g/mol. The second-order valence-electron chi connectivity index (χ2n) is 4.99. The van der Waals surface area contributed by atoms with Gasteiger partial charge in [0, 0.05) is 6.42 Å². The third-order valence-electron chi connectivity index (χ3n) is 3.40. The van der Waals surface area contributed by atoms with Crippen LogP contribution in [0.3, 0.4) is 0 Å². The van der Waals surface area contributed by atoms with Crippen LogP contribution < -0.4 is 0 Å². The number of allylic oxidation sites excluding steroid dienone is 1. The molecular weight excluding hydrogens is 176 g/mol. The van der Waals surface area contributed by atoms with Gasteiger partial charge < -0.3 is 5.11 Å². The molecule has 1 fully saturated rings. The highest BCUT2D eigenvalue weighted by Gasteiger charge is 2.34.